The molecule has 1 spiro atoms. The second-order valence-corrected chi connectivity index (χ2v) is 29.5. The van der Waals surface area contributed by atoms with Crippen LogP contribution in [0.1, 0.15) is 120 Å². The lowest BCUT2D eigenvalue weighted by Gasteiger charge is -2.75. The fourth-order valence-electron chi connectivity index (χ4n) is 19.1. The predicted octanol–water partition coefficient (Wildman–Crippen LogP) is -2.77. The zero-order valence-electron chi connectivity index (χ0n) is 50.2. The zero-order valence-corrected chi connectivity index (χ0v) is 50.2. The number of aliphatic hydroxyl groups is 14. The number of carbonyl (C=O) groups is 1. The van der Waals surface area contributed by atoms with Gasteiger partial charge in [0.15, 0.2) is 37.6 Å². The molecular weight excluding hydrogens is 1140 g/mol. The molecule has 0 aromatic rings. The highest BCUT2D eigenvalue weighted by atomic mass is 16.8. The summed E-state index contributed by atoms with van der Waals surface area (Å²) in [4.78, 5) is 13.3. The molecule has 27 nitrogen and oxygen atoms in total. The first-order valence-corrected chi connectivity index (χ1v) is 31.0. The van der Waals surface area contributed by atoms with Crippen LogP contribution < -0.4 is 0 Å². The molecule has 11 rings (SSSR count). The lowest BCUT2D eigenvalue weighted by Crippen LogP contribution is -2.74. The summed E-state index contributed by atoms with van der Waals surface area (Å²) in [6, 6.07) is 0. The molecule has 11 aliphatic rings. The van der Waals surface area contributed by atoms with Crippen molar-refractivity contribution in [2.24, 2.45) is 50.2 Å². The average Bonchev–Trinajstić information content (AvgIpc) is 1.28. The van der Waals surface area contributed by atoms with E-state index in [4.69, 9.17) is 52.1 Å². The highest BCUT2D eigenvalue weighted by Crippen LogP contribution is 2.80. The van der Waals surface area contributed by atoms with E-state index in [1.165, 1.54) is 6.92 Å². The van der Waals surface area contributed by atoms with Crippen LogP contribution in [0, 0.1) is 50.2 Å². The van der Waals surface area contributed by atoms with Gasteiger partial charge in [0.05, 0.1) is 50.3 Å². The van der Waals surface area contributed by atoms with Gasteiger partial charge < -0.3 is 129 Å². The summed E-state index contributed by atoms with van der Waals surface area (Å²) < 4.78 is 68.3. The monoisotopic (exact) mass is 1240 g/mol. The quantitative estimate of drug-likeness (QED) is 0.0830. The number of fused-ring (bicyclic) bond motifs is 4. The lowest BCUT2D eigenvalue weighted by molar-refractivity contribution is -0.409. The molecule has 34 atom stereocenters. The Morgan fingerprint density at radius 2 is 1.10 bits per heavy atom. The summed E-state index contributed by atoms with van der Waals surface area (Å²) in [7, 11) is 0. The molecule has 5 saturated carbocycles. The predicted molar refractivity (Wildman–Crippen MR) is 288 cm³/mol. The van der Waals surface area contributed by atoms with Gasteiger partial charge in [0.2, 0.25) is 0 Å². The van der Waals surface area contributed by atoms with Crippen molar-refractivity contribution in [1.82, 2.24) is 0 Å². The van der Waals surface area contributed by atoms with Crippen molar-refractivity contribution in [1.29, 1.82) is 0 Å². The number of carboxylic acids is 1. The van der Waals surface area contributed by atoms with Crippen LogP contribution in [-0.2, 0) is 56.9 Å². The van der Waals surface area contributed by atoms with Gasteiger partial charge in [-0.3, -0.25) is 0 Å². The van der Waals surface area contributed by atoms with E-state index in [-0.39, 0.29) is 44.8 Å². The Labute approximate surface area is 499 Å². The van der Waals surface area contributed by atoms with E-state index in [9.17, 15) is 81.4 Å². The van der Waals surface area contributed by atoms with Gasteiger partial charge in [-0.1, -0.05) is 48.5 Å². The fraction of sp³-hybridized carbons (Fsp3) is 0.983. The van der Waals surface area contributed by atoms with Gasteiger partial charge in [0.25, 0.3) is 0 Å². The van der Waals surface area contributed by atoms with Crippen molar-refractivity contribution in [3.05, 3.63) is 0 Å². The highest BCUT2D eigenvalue weighted by Gasteiger charge is 2.80. The molecule has 34 unspecified atom stereocenters. The van der Waals surface area contributed by atoms with E-state index < -0.39 is 196 Å². The largest absolute Gasteiger partial charge is 0.479 e. The minimum atomic E-state index is -2.30. The van der Waals surface area contributed by atoms with Crippen LogP contribution in [0.3, 0.4) is 0 Å². The van der Waals surface area contributed by atoms with Gasteiger partial charge in [0.1, 0.15) is 104 Å². The van der Waals surface area contributed by atoms with Crippen LogP contribution in [0.4, 0.5) is 0 Å². The van der Waals surface area contributed by atoms with Gasteiger partial charge in [-0.2, -0.15) is 0 Å². The molecule has 2 bridgehead atoms. The molecule has 0 aromatic heterocycles. The normalized spacial score (nSPS) is 56.8. The summed E-state index contributed by atoms with van der Waals surface area (Å²) in [6.45, 7) is 15.5. The summed E-state index contributed by atoms with van der Waals surface area (Å²) in [6.07, 6.45) is -38.4. The first-order valence-electron chi connectivity index (χ1n) is 31.0. The zero-order chi connectivity index (χ0) is 62.5. The van der Waals surface area contributed by atoms with E-state index in [0.29, 0.717) is 25.9 Å². The Morgan fingerprint density at radius 3 is 1.79 bits per heavy atom. The first-order chi connectivity index (χ1) is 40.3. The third kappa shape index (κ3) is 10.2. The maximum absolute atomic E-state index is 13.3. The second kappa shape index (κ2) is 23.5. The van der Waals surface area contributed by atoms with Crippen LogP contribution in [0.15, 0.2) is 0 Å². The molecule has 0 radical (unpaired) electrons. The maximum Gasteiger partial charge on any atom is 0.335 e. The summed E-state index contributed by atoms with van der Waals surface area (Å²) >= 11 is 0. The Morgan fingerprint density at radius 1 is 0.512 bits per heavy atom. The fourth-order valence-corrected chi connectivity index (χ4v) is 19.1. The molecule has 494 valence electrons. The van der Waals surface area contributed by atoms with E-state index >= 15 is 0 Å². The average molecular weight is 1240 g/mol. The molecule has 6 heterocycles. The number of aliphatic carboxylic acids is 1. The van der Waals surface area contributed by atoms with Crippen molar-refractivity contribution in [2.45, 2.75) is 285 Å². The molecule has 0 aromatic carbocycles. The van der Waals surface area contributed by atoms with E-state index in [0.717, 1.165) is 44.9 Å². The van der Waals surface area contributed by atoms with Crippen molar-refractivity contribution in [2.75, 3.05) is 26.4 Å². The topological polar surface area (TPSA) is 422 Å². The molecular formula is C59H96O27. The van der Waals surface area contributed by atoms with Crippen molar-refractivity contribution >= 4 is 5.97 Å². The van der Waals surface area contributed by atoms with E-state index in [1.54, 1.807) is 0 Å². The standard InChI is InChI=1S/C59H96O27/c1-23-32(64)35(67)39(71)49(78-23)85-45-36(68)34(66)25(19-60)79-51(45)83-43-41(73)44(47(74)75)84-52(46(43)86-50-40(72)37(69)42(26(20-61)80-50)82-48-38(70)33(65)24(62)21-76-48)81-31-11-12-55(6)27(54(31,4)5)9-13-56(7)28(55)10-14-59-29-17-53(2,3)15-16-58(29,22-77-59)30(63)18-57(56,59)8/h23-46,48-52,60-73H,9-22H2,1-8H3,(H,74,75). The third-order valence-corrected chi connectivity index (χ3v) is 24.3. The van der Waals surface area contributed by atoms with Crippen molar-refractivity contribution in [3.63, 3.8) is 0 Å². The Kier molecular flexibility index (Phi) is 18.0. The molecule has 6 saturated heterocycles. The second-order valence-electron chi connectivity index (χ2n) is 29.5. The summed E-state index contributed by atoms with van der Waals surface area (Å²) in [5, 5.41) is 166. The minimum absolute atomic E-state index is 0.0282. The number of rotatable bonds is 13. The number of hydrogen-bond donors (Lipinski definition) is 15. The molecule has 0 amide bonds. The Hall–Kier alpha value is -1.53. The minimum Gasteiger partial charge on any atom is -0.479 e. The van der Waals surface area contributed by atoms with Crippen LogP contribution in [0.2, 0.25) is 0 Å². The smallest absolute Gasteiger partial charge is 0.335 e. The number of carboxylic acid groups (broad SMARTS) is 1. The SMILES string of the molecule is CC1OC(OC2C(OC3C(O)C(C(=O)O)OC(OC4CCC5(C)C(CCC6(C)C5CCC57OCC8(CCC(C)(C)CC85)C(O)CC67C)C4(C)C)C3OC3OC(CO)C(OC4OCC(O)C(O)C4O)C(O)C3O)OC(CO)C(O)C2O)C(O)C(O)C1O. The number of ether oxygens (including phenoxy) is 11. The maximum atomic E-state index is 13.3. The van der Waals surface area contributed by atoms with Gasteiger partial charge in [-0.25, -0.2) is 4.79 Å². The third-order valence-electron chi connectivity index (χ3n) is 24.3. The highest BCUT2D eigenvalue weighted by molar-refractivity contribution is 5.73. The van der Waals surface area contributed by atoms with E-state index in [2.05, 4.69) is 48.5 Å². The molecule has 6 aliphatic heterocycles. The van der Waals surface area contributed by atoms with Gasteiger partial charge >= 0.3 is 5.97 Å². The molecule has 15 N–H and O–H groups in total. The van der Waals surface area contributed by atoms with Crippen molar-refractivity contribution in [3.8, 4) is 0 Å². The van der Waals surface area contributed by atoms with Crippen molar-refractivity contribution < 1.29 is 133 Å². The van der Waals surface area contributed by atoms with Gasteiger partial charge in [-0.15, -0.1) is 0 Å². The summed E-state index contributed by atoms with van der Waals surface area (Å²) in [5.41, 5.74) is -2.22. The van der Waals surface area contributed by atoms with Gasteiger partial charge in [-0.05, 0) is 111 Å². The molecule has 86 heavy (non-hydrogen) atoms. The molecule has 27 heteroatoms. The Balaban J connectivity index is 0.915. The number of hydrogen-bond acceptors (Lipinski definition) is 26. The van der Waals surface area contributed by atoms with E-state index in [1.807, 2.05) is 0 Å². The van der Waals surface area contributed by atoms with Crippen LogP contribution >= 0.6 is 0 Å². The first kappa shape index (κ1) is 65.9. The molecule has 5 aliphatic carbocycles. The van der Waals surface area contributed by atoms with Gasteiger partial charge in [0, 0.05) is 10.8 Å². The van der Waals surface area contributed by atoms with Crippen LogP contribution in [0.25, 0.3) is 0 Å². The lowest BCUT2D eigenvalue weighted by atomic mass is 9.30. The molecule has 11 fully saturated rings. The van der Waals surface area contributed by atoms with Crippen LogP contribution in [-0.4, -0.2) is 274 Å². The van der Waals surface area contributed by atoms with Crippen LogP contribution in [0.5, 0.6) is 0 Å². The summed E-state index contributed by atoms with van der Waals surface area (Å²) in [5.74, 6) is -1.34. The number of aliphatic hydroxyl groups excluding tert-OH is 14. The Bertz CT molecular complexity index is 2410.